The third-order valence-electron chi connectivity index (χ3n) is 1.70. The van der Waals surface area contributed by atoms with Crippen LogP contribution in [0.25, 0.3) is 0 Å². The van der Waals surface area contributed by atoms with Crippen LogP contribution in [0.15, 0.2) is 0 Å². The SMILES string of the molecule is CCC(C)(C)NC(=O)CCS. The molecule has 0 rings (SSSR count). The molecule has 2 nitrogen and oxygen atoms in total. The van der Waals surface area contributed by atoms with E-state index in [-0.39, 0.29) is 11.4 Å². The Balaban J connectivity index is 3.74. The number of thiol groups is 1. The van der Waals surface area contributed by atoms with Gasteiger partial charge in [-0.2, -0.15) is 12.6 Å². The fraction of sp³-hybridized carbons (Fsp3) is 0.875. The van der Waals surface area contributed by atoms with Gasteiger partial charge in [0.05, 0.1) is 0 Å². The van der Waals surface area contributed by atoms with Crippen LogP contribution in [0.2, 0.25) is 0 Å². The van der Waals surface area contributed by atoms with Gasteiger partial charge in [-0.15, -0.1) is 0 Å². The third-order valence-corrected chi connectivity index (χ3v) is 1.92. The Labute approximate surface area is 74.2 Å². The Morgan fingerprint density at radius 1 is 1.55 bits per heavy atom. The molecule has 1 N–H and O–H groups in total. The summed E-state index contributed by atoms with van der Waals surface area (Å²) in [5, 5.41) is 2.92. The molecule has 0 saturated carbocycles. The number of carbonyl (C=O) groups excluding carboxylic acids is 1. The van der Waals surface area contributed by atoms with E-state index in [1.807, 2.05) is 13.8 Å². The number of hydrogen-bond donors (Lipinski definition) is 2. The minimum absolute atomic E-state index is 0.0694. The van der Waals surface area contributed by atoms with Gasteiger partial charge in [-0.3, -0.25) is 4.79 Å². The van der Waals surface area contributed by atoms with Crippen LogP contribution in [0, 0.1) is 0 Å². The second-order valence-electron chi connectivity index (χ2n) is 3.26. The summed E-state index contributed by atoms with van der Waals surface area (Å²) < 4.78 is 0. The zero-order valence-corrected chi connectivity index (χ0v) is 8.37. The van der Waals surface area contributed by atoms with Crippen molar-refractivity contribution in [2.24, 2.45) is 0 Å². The van der Waals surface area contributed by atoms with Crippen molar-refractivity contribution in [1.82, 2.24) is 5.32 Å². The van der Waals surface area contributed by atoms with Crippen LogP contribution in [0.4, 0.5) is 0 Å². The van der Waals surface area contributed by atoms with Crippen LogP contribution in [0.3, 0.4) is 0 Å². The average Bonchev–Trinajstić information content (AvgIpc) is 1.87. The second kappa shape index (κ2) is 4.65. The highest BCUT2D eigenvalue weighted by Gasteiger charge is 2.16. The van der Waals surface area contributed by atoms with E-state index in [9.17, 15) is 4.79 Å². The van der Waals surface area contributed by atoms with Crippen LogP contribution >= 0.6 is 12.6 Å². The molecule has 0 fully saturated rings. The van der Waals surface area contributed by atoms with Gasteiger partial charge in [0.25, 0.3) is 0 Å². The van der Waals surface area contributed by atoms with Crippen molar-refractivity contribution in [2.45, 2.75) is 39.2 Å². The molecule has 0 aliphatic rings. The fourth-order valence-corrected chi connectivity index (χ4v) is 0.833. The molecule has 0 aromatic carbocycles. The molecule has 1 amide bonds. The van der Waals surface area contributed by atoms with E-state index in [0.29, 0.717) is 12.2 Å². The predicted octanol–water partition coefficient (Wildman–Crippen LogP) is 1.61. The fourth-order valence-electron chi connectivity index (χ4n) is 0.630. The second-order valence-corrected chi connectivity index (χ2v) is 3.71. The largest absolute Gasteiger partial charge is 0.351 e. The van der Waals surface area contributed by atoms with Crippen molar-refractivity contribution in [1.29, 1.82) is 0 Å². The number of carbonyl (C=O) groups is 1. The van der Waals surface area contributed by atoms with Gasteiger partial charge in [-0.1, -0.05) is 6.92 Å². The minimum atomic E-state index is -0.0694. The summed E-state index contributed by atoms with van der Waals surface area (Å²) in [5.74, 6) is 0.706. The zero-order valence-electron chi connectivity index (χ0n) is 7.48. The lowest BCUT2D eigenvalue weighted by Crippen LogP contribution is -2.42. The average molecular weight is 175 g/mol. The molecule has 0 unspecified atom stereocenters. The highest BCUT2D eigenvalue weighted by atomic mass is 32.1. The van der Waals surface area contributed by atoms with Gasteiger partial charge in [-0.25, -0.2) is 0 Å². The summed E-state index contributed by atoms with van der Waals surface area (Å²) in [4.78, 5) is 11.1. The number of nitrogens with one attached hydrogen (secondary N) is 1. The monoisotopic (exact) mass is 175 g/mol. The molecule has 0 heterocycles. The van der Waals surface area contributed by atoms with Crippen molar-refractivity contribution in [2.75, 3.05) is 5.75 Å². The topological polar surface area (TPSA) is 29.1 Å². The maximum atomic E-state index is 11.1. The van der Waals surface area contributed by atoms with Crippen molar-refractivity contribution in [3.8, 4) is 0 Å². The molecule has 0 bridgehead atoms. The molecular weight excluding hydrogens is 158 g/mol. The summed E-state index contributed by atoms with van der Waals surface area (Å²) in [6, 6.07) is 0. The molecule has 0 aliphatic heterocycles. The van der Waals surface area contributed by atoms with Crippen molar-refractivity contribution < 1.29 is 4.79 Å². The Bertz CT molecular complexity index is 134. The highest BCUT2D eigenvalue weighted by Crippen LogP contribution is 2.06. The van der Waals surface area contributed by atoms with Crippen molar-refractivity contribution >= 4 is 18.5 Å². The molecule has 0 aliphatic carbocycles. The first-order chi connectivity index (χ1) is 5.02. The Hall–Kier alpha value is -0.180. The summed E-state index contributed by atoms with van der Waals surface area (Å²) >= 11 is 3.98. The molecule has 0 atom stereocenters. The van der Waals surface area contributed by atoms with E-state index in [0.717, 1.165) is 6.42 Å². The van der Waals surface area contributed by atoms with Gasteiger partial charge in [0.15, 0.2) is 0 Å². The van der Waals surface area contributed by atoms with Crippen LogP contribution in [-0.4, -0.2) is 17.2 Å². The first kappa shape index (κ1) is 10.8. The summed E-state index contributed by atoms with van der Waals surface area (Å²) in [5.41, 5.74) is -0.0694. The smallest absolute Gasteiger partial charge is 0.221 e. The van der Waals surface area contributed by atoms with Gasteiger partial charge < -0.3 is 5.32 Å². The highest BCUT2D eigenvalue weighted by molar-refractivity contribution is 7.80. The maximum Gasteiger partial charge on any atom is 0.221 e. The lowest BCUT2D eigenvalue weighted by molar-refractivity contribution is -0.122. The number of hydrogen-bond acceptors (Lipinski definition) is 2. The van der Waals surface area contributed by atoms with Gasteiger partial charge in [-0.05, 0) is 26.0 Å². The van der Waals surface area contributed by atoms with Crippen LogP contribution in [0.1, 0.15) is 33.6 Å². The Morgan fingerprint density at radius 3 is 2.45 bits per heavy atom. The van der Waals surface area contributed by atoms with Gasteiger partial charge in [0.1, 0.15) is 0 Å². The van der Waals surface area contributed by atoms with Gasteiger partial charge in [0, 0.05) is 12.0 Å². The molecule has 11 heavy (non-hydrogen) atoms. The Kier molecular flexibility index (Phi) is 4.57. The summed E-state index contributed by atoms with van der Waals surface area (Å²) in [7, 11) is 0. The maximum absolute atomic E-state index is 11.1. The lowest BCUT2D eigenvalue weighted by atomic mass is 10.0. The number of amides is 1. The van der Waals surface area contributed by atoms with Crippen molar-refractivity contribution in [3.05, 3.63) is 0 Å². The summed E-state index contributed by atoms with van der Waals surface area (Å²) in [6.07, 6.45) is 1.46. The van der Waals surface area contributed by atoms with Gasteiger partial charge >= 0.3 is 0 Å². The molecule has 0 spiro atoms. The molecule has 0 aromatic heterocycles. The summed E-state index contributed by atoms with van der Waals surface area (Å²) in [6.45, 7) is 6.09. The zero-order chi connectivity index (χ0) is 8.91. The minimum Gasteiger partial charge on any atom is -0.351 e. The molecule has 66 valence electrons. The van der Waals surface area contributed by atoms with E-state index >= 15 is 0 Å². The molecule has 0 aromatic rings. The van der Waals surface area contributed by atoms with Crippen LogP contribution in [-0.2, 0) is 4.79 Å². The lowest BCUT2D eigenvalue weighted by Gasteiger charge is -2.24. The molecule has 0 saturated heterocycles. The molecule has 0 radical (unpaired) electrons. The first-order valence-corrected chi connectivity index (χ1v) is 4.57. The van der Waals surface area contributed by atoms with E-state index in [1.165, 1.54) is 0 Å². The van der Waals surface area contributed by atoms with E-state index in [4.69, 9.17) is 0 Å². The van der Waals surface area contributed by atoms with E-state index in [2.05, 4.69) is 24.9 Å². The normalized spacial score (nSPS) is 11.3. The van der Waals surface area contributed by atoms with Crippen molar-refractivity contribution in [3.63, 3.8) is 0 Å². The van der Waals surface area contributed by atoms with Gasteiger partial charge in [0.2, 0.25) is 5.91 Å². The number of rotatable bonds is 4. The Morgan fingerprint density at radius 2 is 2.09 bits per heavy atom. The first-order valence-electron chi connectivity index (χ1n) is 3.93. The molecular formula is C8H17NOS. The third kappa shape index (κ3) is 5.13. The predicted molar refractivity (Wildman–Crippen MR) is 51.0 cm³/mol. The standard InChI is InChI=1S/C8H17NOS/c1-4-8(2,3)9-7(10)5-6-11/h11H,4-6H2,1-3H3,(H,9,10). The van der Waals surface area contributed by atoms with E-state index in [1.54, 1.807) is 0 Å². The van der Waals surface area contributed by atoms with E-state index < -0.39 is 0 Å². The molecule has 3 heteroatoms. The van der Waals surface area contributed by atoms with Crippen LogP contribution in [0.5, 0.6) is 0 Å². The van der Waals surface area contributed by atoms with Crippen LogP contribution < -0.4 is 5.32 Å². The quantitative estimate of drug-likeness (QED) is 0.625.